The summed E-state index contributed by atoms with van der Waals surface area (Å²) >= 11 is 0. The molecule has 0 spiro atoms. The molecule has 1 aromatic carbocycles. The van der Waals surface area contributed by atoms with Gasteiger partial charge in [0.25, 0.3) is 0 Å². The van der Waals surface area contributed by atoms with Gasteiger partial charge in [0.15, 0.2) is 0 Å². The molecule has 0 saturated carbocycles. The molecule has 2 heterocycles. The lowest BCUT2D eigenvalue weighted by atomic mass is 9.93. The van der Waals surface area contributed by atoms with Gasteiger partial charge in [-0.05, 0) is 36.1 Å². The summed E-state index contributed by atoms with van der Waals surface area (Å²) in [7, 11) is 0. The summed E-state index contributed by atoms with van der Waals surface area (Å²) in [6, 6.07) is 12.3. The zero-order valence-electron chi connectivity index (χ0n) is 11.5. The Morgan fingerprint density at radius 3 is 2.80 bits per heavy atom. The molecule has 102 valence electrons. The minimum atomic E-state index is 0.0105. The quantitative estimate of drug-likeness (QED) is 0.648. The number of nitrogens with two attached hydrogens (primary N) is 1. The SMILES string of the molecule is CC1Cc2ccccc2N(c2cccnc2C(=N)N)C1. The molecule has 0 saturated heterocycles. The summed E-state index contributed by atoms with van der Waals surface area (Å²) in [4.78, 5) is 6.49. The van der Waals surface area contributed by atoms with Gasteiger partial charge in [-0.15, -0.1) is 0 Å². The number of benzene rings is 1. The van der Waals surface area contributed by atoms with E-state index in [-0.39, 0.29) is 5.84 Å². The van der Waals surface area contributed by atoms with Crippen molar-refractivity contribution in [2.45, 2.75) is 13.3 Å². The van der Waals surface area contributed by atoms with Crippen LogP contribution in [0.5, 0.6) is 0 Å². The molecule has 1 unspecified atom stereocenters. The number of nitrogens with one attached hydrogen (secondary N) is 1. The van der Waals surface area contributed by atoms with Gasteiger partial charge in [0.05, 0.1) is 5.69 Å². The number of para-hydroxylation sites is 1. The number of hydrogen-bond donors (Lipinski definition) is 2. The zero-order valence-corrected chi connectivity index (χ0v) is 11.5. The van der Waals surface area contributed by atoms with E-state index in [1.54, 1.807) is 6.20 Å². The number of amidine groups is 1. The van der Waals surface area contributed by atoms with Gasteiger partial charge >= 0.3 is 0 Å². The van der Waals surface area contributed by atoms with Crippen LogP contribution in [0.3, 0.4) is 0 Å². The minimum Gasteiger partial charge on any atom is -0.382 e. The minimum absolute atomic E-state index is 0.0105. The van der Waals surface area contributed by atoms with Crippen molar-refractivity contribution in [3.05, 3.63) is 53.9 Å². The van der Waals surface area contributed by atoms with Crippen molar-refractivity contribution in [3.8, 4) is 0 Å². The average molecular weight is 266 g/mol. The van der Waals surface area contributed by atoms with Gasteiger partial charge in [-0.2, -0.15) is 0 Å². The second kappa shape index (κ2) is 4.96. The van der Waals surface area contributed by atoms with E-state index < -0.39 is 0 Å². The van der Waals surface area contributed by atoms with Crippen molar-refractivity contribution in [3.63, 3.8) is 0 Å². The molecule has 4 nitrogen and oxygen atoms in total. The lowest BCUT2D eigenvalue weighted by Crippen LogP contribution is -2.32. The van der Waals surface area contributed by atoms with Crippen molar-refractivity contribution in [1.82, 2.24) is 4.98 Å². The fourth-order valence-electron chi connectivity index (χ4n) is 2.85. The molecular weight excluding hydrogens is 248 g/mol. The first kappa shape index (κ1) is 12.7. The Labute approximate surface area is 118 Å². The van der Waals surface area contributed by atoms with E-state index >= 15 is 0 Å². The van der Waals surface area contributed by atoms with Crippen LogP contribution in [0.15, 0.2) is 42.6 Å². The lowest BCUT2D eigenvalue weighted by molar-refractivity contribution is 0.562. The fourth-order valence-corrected chi connectivity index (χ4v) is 2.85. The number of aromatic nitrogens is 1. The van der Waals surface area contributed by atoms with Crippen molar-refractivity contribution in [2.75, 3.05) is 11.4 Å². The normalized spacial score (nSPS) is 17.6. The van der Waals surface area contributed by atoms with Gasteiger partial charge in [-0.1, -0.05) is 25.1 Å². The number of anilines is 2. The molecule has 1 aliphatic rings. The van der Waals surface area contributed by atoms with Gasteiger partial charge in [-0.25, -0.2) is 0 Å². The summed E-state index contributed by atoms with van der Waals surface area (Å²) in [6.45, 7) is 3.16. The molecule has 1 aromatic heterocycles. The highest BCUT2D eigenvalue weighted by Crippen LogP contribution is 2.36. The fraction of sp³-hybridized carbons (Fsp3) is 0.250. The highest BCUT2D eigenvalue weighted by atomic mass is 15.2. The largest absolute Gasteiger partial charge is 0.382 e. The highest BCUT2D eigenvalue weighted by Gasteiger charge is 2.24. The first-order chi connectivity index (χ1) is 9.66. The number of hydrogen-bond acceptors (Lipinski definition) is 3. The molecule has 0 amide bonds. The number of nitrogens with zero attached hydrogens (tertiary/aromatic N) is 2. The van der Waals surface area contributed by atoms with Crippen LogP contribution < -0.4 is 10.6 Å². The van der Waals surface area contributed by atoms with Gasteiger partial charge in [0.1, 0.15) is 11.5 Å². The molecule has 3 N–H and O–H groups in total. The molecule has 0 aliphatic carbocycles. The third kappa shape index (κ3) is 2.13. The Bertz CT molecular complexity index is 650. The molecule has 3 rings (SSSR count). The van der Waals surface area contributed by atoms with Crippen LogP contribution in [-0.2, 0) is 6.42 Å². The molecule has 0 bridgehead atoms. The summed E-state index contributed by atoms with van der Waals surface area (Å²) in [5.41, 5.74) is 9.67. The first-order valence-corrected chi connectivity index (χ1v) is 6.81. The first-order valence-electron chi connectivity index (χ1n) is 6.81. The van der Waals surface area contributed by atoms with Crippen molar-refractivity contribution in [2.24, 2.45) is 11.7 Å². The van der Waals surface area contributed by atoms with Crippen LogP contribution in [0.1, 0.15) is 18.2 Å². The smallest absolute Gasteiger partial charge is 0.143 e. The van der Waals surface area contributed by atoms with E-state index in [1.807, 2.05) is 18.2 Å². The van der Waals surface area contributed by atoms with E-state index in [2.05, 4.69) is 35.0 Å². The monoisotopic (exact) mass is 266 g/mol. The zero-order chi connectivity index (χ0) is 14.1. The maximum atomic E-state index is 7.72. The lowest BCUT2D eigenvalue weighted by Gasteiger charge is -2.35. The Kier molecular flexibility index (Phi) is 3.14. The third-order valence-corrected chi connectivity index (χ3v) is 3.68. The van der Waals surface area contributed by atoms with Crippen LogP contribution in [0.2, 0.25) is 0 Å². The Hall–Kier alpha value is -2.36. The van der Waals surface area contributed by atoms with Gasteiger partial charge < -0.3 is 10.6 Å². The molecule has 2 aromatic rings. The van der Waals surface area contributed by atoms with Gasteiger partial charge in [0, 0.05) is 18.4 Å². The van der Waals surface area contributed by atoms with Crippen LogP contribution in [0.25, 0.3) is 0 Å². The van der Waals surface area contributed by atoms with E-state index in [4.69, 9.17) is 11.1 Å². The average Bonchev–Trinajstić information content (AvgIpc) is 2.46. The van der Waals surface area contributed by atoms with Crippen LogP contribution in [0.4, 0.5) is 11.4 Å². The molecule has 4 heteroatoms. The molecule has 1 atom stereocenters. The predicted octanol–water partition coefficient (Wildman–Crippen LogP) is 2.70. The topological polar surface area (TPSA) is 66.0 Å². The maximum Gasteiger partial charge on any atom is 0.143 e. The number of nitrogen functional groups attached to an aromatic ring is 1. The number of pyridine rings is 1. The van der Waals surface area contributed by atoms with Gasteiger partial charge in [0.2, 0.25) is 0 Å². The number of fused-ring (bicyclic) bond motifs is 1. The summed E-state index contributed by atoms with van der Waals surface area (Å²) in [6.07, 6.45) is 2.77. The van der Waals surface area contributed by atoms with Gasteiger partial charge in [-0.3, -0.25) is 10.4 Å². The second-order valence-electron chi connectivity index (χ2n) is 5.33. The van der Waals surface area contributed by atoms with Crippen LogP contribution >= 0.6 is 0 Å². The second-order valence-corrected chi connectivity index (χ2v) is 5.33. The summed E-state index contributed by atoms with van der Waals surface area (Å²) in [5, 5.41) is 7.72. The third-order valence-electron chi connectivity index (χ3n) is 3.68. The molecule has 20 heavy (non-hydrogen) atoms. The Morgan fingerprint density at radius 2 is 2.00 bits per heavy atom. The Morgan fingerprint density at radius 1 is 1.25 bits per heavy atom. The standard InChI is InChI=1S/C16H18N4/c1-11-9-12-5-2-3-6-13(12)20(10-11)14-7-4-8-19-15(14)16(17)18/h2-8,11H,9-10H2,1H3,(H3,17,18). The van der Waals surface area contributed by atoms with E-state index in [1.165, 1.54) is 11.3 Å². The predicted molar refractivity (Wildman–Crippen MR) is 81.6 cm³/mol. The van der Waals surface area contributed by atoms with E-state index in [9.17, 15) is 0 Å². The van der Waals surface area contributed by atoms with Crippen molar-refractivity contribution in [1.29, 1.82) is 5.41 Å². The Balaban J connectivity index is 2.13. The van der Waals surface area contributed by atoms with Crippen LogP contribution in [-0.4, -0.2) is 17.4 Å². The summed E-state index contributed by atoms with van der Waals surface area (Å²) < 4.78 is 0. The molecular formula is C16H18N4. The summed E-state index contributed by atoms with van der Waals surface area (Å²) in [5.74, 6) is 0.571. The van der Waals surface area contributed by atoms with E-state index in [0.717, 1.165) is 18.7 Å². The number of rotatable bonds is 2. The molecule has 0 radical (unpaired) electrons. The highest BCUT2D eigenvalue weighted by molar-refractivity contribution is 5.99. The molecule has 1 aliphatic heterocycles. The van der Waals surface area contributed by atoms with Crippen molar-refractivity contribution >= 4 is 17.2 Å². The van der Waals surface area contributed by atoms with Crippen LogP contribution in [0, 0.1) is 11.3 Å². The molecule has 0 fully saturated rings. The van der Waals surface area contributed by atoms with E-state index in [0.29, 0.717) is 11.6 Å². The van der Waals surface area contributed by atoms with Crippen molar-refractivity contribution < 1.29 is 0 Å². The maximum absolute atomic E-state index is 7.72.